The Bertz CT molecular complexity index is 580. The van der Waals surface area contributed by atoms with Crippen LogP contribution in [0.4, 0.5) is 0 Å². The summed E-state index contributed by atoms with van der Waals surface area (Å²) in [6.07, 6.45) is 2.16. The second-order valence-corrected chi connectivity index (χ2v) is 6.23. The summed E-state index contributed by atoms with van der Waals surface area (Å²) in [5.41, 5.74) is 3.70. The van der Waals surface area contributed by atoms with Crippen LogP contribution in [0.1, 0.15) is 30.3 Å². The molecular formula is C13H14BrN3S. The summed E-state index contributed by atoms with van der Waals surface area (Å²) in [5.74, 6) is 0.872. The quantitative estimate of drug-likeness (QED) is 0.939. The highest BCUT2D eigenvalue weighted by molar-refractivity contribution is 9.10. The Morgan fingerprint density at radius 3 is 3.00 bits per heavy atom. The molecule has 0 aliphatic carbocycles. The summed E-state index contributed by atoms with van der Waals surface area (Å²) in [7, 11) is 0. The van der Waals surface area contributed by atoms with Crippen LogP contribution in [-0.2, 0) is 19.5 Å². The van der Waals surface area contributed by atoms with Crippen molar-refractivity contribution >= 4 is 27.3 Å². The number of hydrogen-bond donors (Lipinski definition) is 1. The molecule has 18 heavy (non-hydrogen) atoms. The van der Waals surface area contributed by atoms with Crippen LogP contribution in [-0.4, -0.2) is 9.97 Å². The van der Waals surface area contributed by atoms with Gasteiger partial charge in [0.15, 0.2) is 5.82 Å². The van der Waals surface area contributed by atoms with Gasteiger partial charge in [0.1, 0.15) is 0 Å². The maximum atomic E-state index is 4.76. The van der Waals surface area contributed by atoms with Gasteiger partial charge >= 0.3 is 0 Å². The molecule has 0 atom stereocenters. The molecule has 0 bridgehead atoms. The zero-order valence-electron chi connectivity index (χ0n) is 10.2. The monoisotopic (exact) mass is 323 g/mol. The minimum Gasteiger partial charge on any atom is -0.307 e. The Hall–Kier alpha value is -0.780. The molecule has 0 aromatic carbocycles. The molecule has 5 heteroatoms. The summed E-state index contributed by atoms with van der Waals surface area (Å²) >= 11 is 5.17. The molecule has 0 fully saturated rings. The van der Waals surface area contributed by atoms with Crippen LogP contribution < -0.4 is 5.32 Å². The van der Waals surface area contributed by atoms with Crippen molar-refractivity contribution in [3.05, 3.63) is 32.9 Å². The molecule has 3 nitrogen and oxygen atoms in total. The van der Waals surface area contributed by atoms with Gasteiger partial charge in [-0.3, -0.25) is 0 Å². The van der Waals surface area contributed by atoms with E-state index in [1.807, 2.05) is 0 Å². The molecule has 0 amide bonds. The lowest BCUT2D eigenvalue weighted by Gasteiger charge is -2.07. The predicted molar refractivity (Wildman–Crippen MR) is 77.6 cm³/mol. The highest BCUT2D eigenvalue weighted by Gasteiger charge is 2.19. The first-order valence-corrected chi connectivity index (χ1v) is 7.79. The van der Waals surface area contributed by atoms with Crippen molar-refractivity contribution in [2.24, 2.45) is 0 Å². The third-order valence-electron chi connectivity index (χ3n) is 3.05. The van der Waals surface area contributed by atoms with E-state index in [4.69, 9.17) is 9.97 Å². The van der Waals surface area contributed by atoms with Crippen LogP contribution >= 0.6 is 27.3 Å². The van der Waals surface area contributed by atoms with Crippen molar-refractivity contribution in [2.45, 2.75) is 32.9 Å². The average Bonchev–Trinajstić information content (AvgIpc) is 2.97. The minimum absolute atomic E-state index is 0.869. The lowest BCUT2D eigenvalue weighted by molar-refractivity contribution is 0.753. The molecule has 0 spiro atoms. The molecule has 0 saturated carbocycles. The fourth-order valence-corrected chi connectivity index (χ4v) is 3.58. The number of rotatable bonds is 3. The van der Waals surface area contributed by atoms with Crippen molar-refractivity contribution < 1.29 is 0 Å². The molecule has 94 valence electrons. The normalized spacial score (nSPS) is 13.9. The van der Waals surface area contributed by atoms with Crippen LogP contribution in [0.3, 0.4) is 0 Å². The van der Waals surface area contributed by atoms with Crippen LogP contribution in [0.25, 0.3) is 10.7 Å². The molecule has 2 aromatic heterocycles. The Kier molecular flexibility index (Phi) is 3.46. The van der Waals surface area contributed by atoms with E-state index in [1.165, 1.54) is 17.0 Å². The maximum Gasteiger partial charge on any atom is 0.170 e. The number of nitrogens with zero attached hydrogens (tertiary/aromatic N) is 2. The van der Waals surface area contributed by atoms with E-state index < -0.39 is 0 Å². The van der Waals surface area contributed by atoms with Crippen molar-refractivity contribution in [2.75, 3.05) is 0 Å². The predicted octanol–water partition coefficient (Wildman–Crippen LogP) is 3.52. The number of thiophene rings is 1. The minimum atomic E-state index is 0.869. The van der Waals surface area contributed by atoms with Gasteiger partial charge < -0.3 is 5.32 Å². The van der Waals surface area contributed by atoms with E-state index in [9.17, 15) is 0 Å². The number of nitrogens with one attached hydrogen (secondary N) is 1. The molecule has 0 saturated heterocycles. The topological polar surface area (TPSA) is 37.8 Å². The standard InChI is InChI=1S/C13H14BrN3S/c1-2-3-10-9-5-15-6-11(9)17-13(16-10)12-4-8(14)7-18-12/h4,7,15H,2-3,5-6H2,1H3. The van der Waals surface area contributed by atoms with Gasteiger partial charge in [-0.25, -0.2) is 9.97 Å². The van der Waals surface area contributed by atoms with Crippen molar-refractivity contribution in [3.63, 3.8) is 0 Å². The zero-order valence-corrected chi connectivity index (χ0v) is 12.6. The molecule has 2 aromatic rings. The van der Waals surface area contributed by atoms with Crippen LogP contribution in [0.2, 0.25) is 0 Å². The van der Waals surface area contributed by atoms with Gasteiger partial charge in [-0.1, -0.05) is 13.3 Å². The van der Waals surface area contributed by atoms with Crippen molar-refractivity contribution in [1.29, 1.82) is 0 Å². The Balaban J connectivity index is 2.08. The van der Waals surface area contributed by atoms with Gasteiger partial charge in [0.2, 0.25) is 0 Å². The van der Waals surface area contributed by atoms with Crippen molar-refractivity contribution in [3.8, 4) is 10.7 Å². The smallest absolute Gasteiger partial charge is 0.170 e. The first-order chi connectivity index (χ1) is 8.78. The van der Waals surface area contributed by atoms with E-state index in [0.717, 1.165) is 41.1 Å². The van der Waals surface area contributed by atoms with Gasteiger partial charge in [-0.2, -0.15) is 0 Å². The average molecular weight is 324 g/mol. The summed E-state index contributed by atoms with van der Waals surface area (Å²) < 4.78 is 1.10. The lowest BCUT2D eigenvalue weighted by Crippen LogP contribution is -2.03. The maximum absolute atomic E-state index is 4.76. The molecular weight excluding hydrogens is 310 g/mol. The number of halogens is 1. The van der Waals surface area contributed by atoms with Crippen LogP contribution in [0.5, 0.6) is 0 Å². The van der Waals surface area contributed by atoms with Crippen molar-refractivity contribution in [1.82, 2.24) is 15.3 Å². The van der Waals surface area contributed by atoms with E-state index in [1.54, 1.807) is 11.3 Å². The summed E-state index contributed by atoms with van der Waals surface area (Å²) in [6, 6.07) is 2.09. The second-order valence-electron chi connectivity index (χ2n) is 4.40. The van der Waals surface area contributed by atoms with Gasteiger partial charge in [-0.15, -0.1) is 11.3 Å². The third kappa shape index (κ3) is 2.22. The lowest BCUT2D eigenvalue weighted by atomic mass is 10.1. The first-order valence-electron chi connectivity index (χ1n) is 6.11. The molecule has 0 unspecified atom stereocenters. The number of hydrogen-bond acceptors (Lipinski definition) is 4. The molecule has 1 aliphatic rings. The third-order valence-corrected chi connectivity index (χ3v) is 4.73. The number of fused-ring (bicyclic) bond motifs is 1. The molecule has 3 heterocycles. The van der Waals surface area contributed by atoms with Gasteiger partial charge in [0.05, 0.1) is 10.6 Å². The summed E-state index contributed by atoms with van der Waals surface area (Å²) in [6.45, 7) is 3.98. The van der Waals surface area contributed by atoms with E-state index >= 15 is 0 Å². The summed E-state index contributed by atoms with van der Waals surface area (Å²) in [4.78, 5) is 10.6. The van der Waals surface area contributed by atoms with Crippen LogP contribution in [0, 0.1) is 0 Å². The molecule has 3 rings (SSSR count). The molecule has 1 N–H and O–H groups in total. The zero-order chi connectivity index (χ0) is 12.5. The Morgan fingerprint density at radius 1 is 1.39 bits per heavy atom. The Labute approximate surface area is 119 Å². The summed E-state index contributed by atoms with van der Waals surface area (Å²) in [5, 5.41) is 5.44. The van der Waals surface area contributed by atoms with Gasteiger partial charge in [0, 0.05) is 34.2 Å². The van der Waals surface area contributed by atoms with E-state index in [0.29, 0.717) is 0 Å². The first kappa shape index (κ1) is 12.3. The fraction of sp³-hybridized carbons (Fsp3) is 0.385. The molecule has 0 radical (unpaired) electrons. The van der Waals surface area contributed by atoms with Crippen LogP contribution in [0.15, 0.2) is 15.9 Å². The van der Waals surface area contributed by atoms with E-state index in [-0.39, 0.29) is 0 Å². The van der Waals surface area contributed by atoms with Gasteiger partial charge in [0.25, 0.3) is 0 Å². The highest BCUT2D eigenvalue weighted by Crippen LogP contribution is 2.29. The van der Waals surface area contributed by atoms with Gasteiger partial charge in [-0.05, 0) is 28.4 Å². The SMILES string of the molecule is CCCc1nc(-c2cc(Br)cs2)nc2c1CNC2. The second kappa shape index (κ2) is 5.07. The highest BCUT2D eigenvalue weighted by atomic mass is 79.9. The number of aromatic nitrogens is 2. The fourth-order valence-electron chi connectivity index (χ4n) is 2.22. The Morgan fingerprint density at radius 2 is 2.28 bits per heavy atom. The van der Waals surface area contributed by atoms with E-state index in [2.05, 4.69) is 39.6 Å². The largest absolute Gasteiger partial charge is 0.307 e. The molecule has 1 aliphatic heterocycles. The number of aryl methyl sites for hydroxylation is 1.